The van der Waals surface area contributed by atoms with E-state index in [0.29, 0.717) is 44.5 Å². The van der Waals surface area contributed by atoms with Gasteiger partial charge in [-0.2, -0.15) is 4.98 Å². The second-order valence-electron chi connectivity index (χ2n) is 6.69. The molecule has 0 saturated carbocycles. The van der Waals surface area contributed by atoms with Crippen molar-refractivity contribution in [3.8, 4) is 5.75 Å². The van der Waals surface area contributed by atoms with Crippen LogP contribution in [0.25, 0.3) is 0 Å². The lowest BCUT2D eigenvalue weighted by Gasteiger charge is -2.26. The minimum absolute atomic E-state index is 0.00413. The summed E-state index contributed by atoms with van der Waals surface area (Å²) in [5.74, 6) is 2.06. The number of hydrogen-bond acceptors (Lipinski definition) is 7. The Morgan fingerprint density at radius 1 is 1.18 bits per heavy atom. The van der Waals surface area contributed by atoms with Crippen LogP contribution in [0.3, 0.4) is 0 Å². The van der Waals surface area contributed by atoms with Crippen LogP contribution in [0.5, 0.6) is 5.75 Å². The number of rotatable bonds is 9. The second-order valence-corrected chi connectivity index (χ2v) is 6.69. The van der Waals surface area contributed by atoms with Gasteiger partial charge in [-0.15, -0.1) is 0 Å². The minimum Gasteiger partial charge on any atom is -0.484 e. The van der Waals surface area contributed by atoms with Gasteiger partial charge < -0.3 is 18.9 Å². The quantitative estimate of drug-likeness (QED) is 0.649. The van der Waals surface area contributed by atoms with E-state index in [1.165, 1.54) is 0 Å². The molecule has 2 aromatic rings. The van der Waals surface area contributed by atoms with Gasteiger partial charge >= 0.3 is 0 Å². The fourth-order valence-electron chi connectivity index (χ4n) is 2.97. The zero-order chi connectivity index (χ0) is 19.8. The highest BCUT2D eigenvalue weighted by Gasteiger charge is 2.17. The van der Waals surface area contributed by atoms with Gasteiger partial charge in [0.1, 0.15) is 5.75 Å². The van der Waals surface area contributed by atoms with E-state index < -0.39 is 0 Å². The van der Waals surface area contributed by atoms with Gasteiger partial charge in [0.25, 0.3) is 5.91 Å². The Morgan fingerprint density at radius 3 is 2.57 bits per heavy atom. The molecule has 2 heterocycles. The normalized spacial score (nSPS) is 14.5. The predicted octanol–water partition coefficient (Wildman–Crippen LogP) is 1.89. The molecule has 1 fully saturated rings. The number of aryl methyl sites for hydroxylation is 1. The summed E-state index contributed by atoms with van der Waals surface area (Å²) in [5, 5.41) is 3.94. The molecule has 28 heavy (non-hydrogen) atoms. The maximum atomic E-state index is 12.1. The molecular formula is C20H28N4O4. The van der Waals surface area contributed by atoms with Gasteiger partial charge in [0.05, 0.1) is 19.8 Å². The van der Waals surface area contributed by atoms with Crippen LogP contribution in [-0.2, 0) is 29.0 Å². The Kier molecular flexibility index (Phi) is 7.39. The number of ether oxygens (including phenoxy) is 2. The smallest absolute Gasteiger partial charge is 0.260 e. The Morgan fingerprint density at radius 2 is 1.93 bits per heavy atom. The predicted molar refractivity (Wildman–Crippen MR) is 103 cm³/mol. The van der Waals surface area contributed by atoms with Gasteiger partial charge in [-0.05, 0) is 24.2 Å². The topological polar surface area (TPSA) is 80.9 Å². The van der Waals surface area contributed by atoms with Gasteiger partial charge in [0.2, 0.25) is 5.89 Å². The molecule has 1 saturated heterocycles. The lowest BCUT2D eigenvalue weighted by molar-refractivity contribution is -0.137. The number of benzene rings is 1. The fourth-order valence-corrected chi connectivity index (χ4v) is 2.97. The van der Waals surface area contributed by atoms with E-state index in [0.717, 1.165) is 30.9 Å². The largest absolute Gasteiger partial charge is 0.484 e. The molecule has 8 heteroatoms. The number of amides is 1. The Balaban J connectivity index is 1.47. The molecule has 8 nitrogen and oxygen atoms in total. The Labute approximate surface area is 165 Å². The first-order valence-corrected chi connectivity index (χ1v) is 9.79. The molecule has 152 valence electrons. The number of carbonyl (C=O) groups excluding carboxylic acids is 1. The molecule has 1 amide bonds. The molecule has 0 unspecified atom stereocenters. The lowest BCUT2D eigenvalue weighted by atomic mass is 10.2. The van der Waals surface area contributed by atoms with E-state index in [9.17, 15) is 4.79 Å². The Hall–Kier alpha value is -2.45. The summed E-state index contributed by atoms with van der Waals surface area (Å²) in [6.07, 6.45) is 0.769. The number of hydrogen-bond donors (Lipinski definition) is 0. The highest BCUT2D eigenvalue weighted by Crippen LogP contribution is 2.15. The zero-order valence-electron chi connectivity index (χ0n) is 16.6. The second kappa shape index (κ2) is 10.2. The van der Waals surface area contributed by atoms with Crippen LogP contribution in [0.2, 0.25) is 0 Å². The van der Waals surface area contributed by atoms with E-state index in [1.807, 2.05) is 31.2 Å². The Bertz CT molecular complexity index is 741. The fraction of sp³-hybridized carbons (Fsp3) is 0.550. The molecular weight excluding hydrogens is 360 g/mol. The summed E-state index contributed by atoms with van der Waals surface area (Å²) in [7, 11) is 0. The molecule has 0 radical (unpaired) electrons. The minimum atomic E-state index is -0.00413. The van der Waals surface area contributed by atoms with Crippen molar-refractivity contribution in [3.05, 3.63) is 41.5 Å². The average Bonchev–Trinajstić information content (AvgIpc) is 3.20. The molecule has 0 bridgehead atoms. The molecule has 1 aromatic heterocycles. The van der Waals surface area contributed by atoms with Crippen molar-refractivity contribution < 1.29 is 18.8 Å². The monoisotopic (exact) mass is 388 g/mol. The SMILES string of the molecule is CCc1noc(CN(CC)Cc2ccc(OCC(=O)N3CCOCC3)cc2)n1. The summed E-state index contributed by atoms with van der Waals surface area (Å²) < 4.78 is 16.2. The van der Waals surface area contributed by atoms with Crippen molar-refractivity contribution in [1.29, 1.82) is 0 Å². The van der Waals surface area contributed by atoms with Crippen LogP contribution in [0, 0.1) is 0 Å². The van der Waals surface area contributed by atoms with Crippen LogP contribution in [0.15, 0.2) is 28.8 Å². The van der Waals surface area contributed by atoms with Crippen molar-refractivity contribution in [3.63, 3.8) is 0 Å². The van der Waals surface area contributed by atoms with Gasteiger partial charge in [0, 0.05) is 26.1 Å². The van der Waals surface area contributed by atoms with E-state index >= 15 is 0 Å². The molecule has 1 aliphatic rings. The molecule has 0 spiro atoms. The van der Waals surface area contributed by atoms with E-state index in [4.69, 9.17) is 14.0 Å². The first-order chi connectivity index (χ1) is 13.7. The van der Waals surface area contributed by atoms with Crippen molar-refractivity contribution in [2.75, 3.05) is 39.5 Å². The number of aromatic nitrogens is 2. The van der Waals surface area contributed by atoms with E-state index in [2.05, 4.69) is 22.0 Å². The van der Waals surface area contributed by atoms with Gasteiger partial charge in [-0.1, -0.05) is 31.1 Å². The van der Waals surface area contributed by atoms with Gasteiger partial charge in [-0.3, -0.25) is 9.69 Å². The summed E-state index contributed by atoms with van der Waals surface area (Å²) in [4.78, 5) is 20.5. The average molecular weight is 388 g/mol. The van der Waals surface area contributed by atoms with Crippen LogP contribution in [0.4, 0.5) is 0 Å². The zero-order valence-corrected chi connectivity index (χ0v) is 16.6. The van der Waals surface area contributed by atoms with Crippen molar-refractivity contribution >= 4 is 5.91 Å². The van der Waals surface area contributed by atoms with Crippen molar-refractivity contribution in [1.82, 2.24) is 19.9 Å². The molecule has 0 atom stereocenters. The molecule has 3 rings (SSSR count). The molecule has 0 aliphatic carbocycles. The standard InChI is InChI=1S/C20H28N4O4/c1-3-18-21-19(28-22-18)14-23(4-2)13-16-5-7-17(8-6-16)27-15-20(25)24-9-11-26-12-10-24/h5-8H,3-4,9-15H2,1-2H3. The molecule has 1 aromatic carbocycles. The first kappa shape index (κ1) is 20.3. The summed E-state index contributed by atoms with van der Waals surface area (Å²) in [5.41, 5.74) is 1.16. The third-order valence-corrected chi connectivity index (χ3v) is 4.69. The summed E-state index contributed by atoms with van der Waals surface area (Å²) in [6.45, 7) is 8.88. The third-order valence-electron chi connectivity index (χ3n) is 4.69. The highest BCUT2D eigenvalue weighted by molar-refractivity contribution is 5.77. The summed E-state index contributed by atoms with van der Waals surface area (Å²) >= 11 is 0. The number of nitrogens with zero attached hydrogens (tertiary/aromatic N) is 4. The molecule has 1 aliphatic heterocycles. The van der Waals surface area contributed by atoms with Crippen molar-refractivity contribution in [2.24, 2.45) is 0 Å². The van der Waals surface area contributed by atoms with Gasteiger partial charge in [-0.25, -0.2) is 0 Å². The number of morpholine rings is 1. The molecule has 0 N–H and O–H groups in total. The van der Waals surface area contributed by atoms with Crippen LogP contribution in [0.1, 0.15) is 31.1 Å². The number of carbonyl (C=O) groups is 1. The van der Waals surface area contributed by atoms with Gasteiger partial charge in [0.15, 0.2) is 12.4 Å². The summed E-state index contributed by atoms with van der Waals surface area (Å²) in [6, 6.07) is 7.83. The maximum absolute atomic E-state index is 12.1. The lowest BCUT2D eigenvalue weighted by Crippen LogP contribution is -2.42. The highest BCUT2D eigenvalue weighted by atomic mass is 16.5. The van der Waals surface area contributed by atoms with E-state index in [1.54, 1.807) is 4.90 Å². The van der Waals surface area contributed by atoms with Crippen LogP contribution < -0.4 is 4.74 Å². The van der Waals surface area contributed by atoms with Crippen molar-refractivity contribution in [2.45, 2.75) is 33.4 Å². The van der Waals surface area contributed by atoms with E-state index in [-0.39, 0.29) is 12.5 Å². The maximum Gasteiger partial charge on any atom is 0.260 e. The van der Waals surface area contributed by atoms with Crippen LogP contribution >= 0.6 is 0 Å². The third kappa shape index (κ3) is 5.77. The van der Waals surface area contributed by atoms with Crippen LogP contribution in [-0.4, -0.2) is 65.3 Å². The first-order valence-electron chi connectivity index (χ1n) is 9.79.